The predicted molar refractivity (Wildman–Crippen MR) is 88.3 cm³/mol. The molecule has 126 valence electrons. The maximum atomic E-state index is 12.3. The van der Waals surface area contributed by atoms with E-state index in [0.29, 0.717) is 24.3 Å². The normalized spacial score (nSPS) is 21.1. The lowest BCUT2D eigenvalue weighted by molar-refractivity contribution is 0.0857. The molecule has 1 fully saturated rings. The highest BCUT2D eigenvalue weighted by atomic mass is 32.2. The van der Waals surface area contributed by atoms with Gasteiger partial charge in [0.15, 0.2) is 0 Å². The number of anilines is 1. The van der Waals surface area contributed by atoms with Gasteiger partial charge in [0.2, 0.25) is 10.0 Å². The third-order valence-corrected chi connectivity index (χ3v) is 5.51. The van der Waals surface area contributed by atoms with Gasteiger partial charge in [0.1, 0.15) is 0 Å². The number of amides is 1. The number of carbonyl (C=O) groups excluding carboxylic acids is 1. The van der Waals surface area contributed by atoms with E-state index in [4.69, 9.17) is 4.74 Å². The average molecular weight is 338 g/mol. The quantitative estimate of drug-likeness (QED) is 0.898. The molecule has 2 aliphatic rings. The molecule has 0 aromatic heterocycles. The summed E-state index contributed by atoms with van der Waals surface area (Å²) in [7, 11) is -3.28. The summed E-state index contributed by atoms with van der Waals surface area (Å²) in [5, 5.41) is 2.89. The van der Waals surface area contributed by atoms with Gasteiger partial charge in [-0.25, -0.2) is 8.42 Å². The Morgan fingerprint density at radius 3 is 2.91 bits per heavy atom. The van der Waals surface area contributed by atoms with E-state index in [1.807, 2.05) is 0 Å². The van der Waals surface area contributed by atoms with E-state index in [9.17, 15) is 13.2 Å². The van der Waals surface area contributed by atoms with Crippen LogP contribution in [0, 0.1) is 0 Å². The SMILES string of the molecule is CS(=O)(=O)N1CCCc2cc(C(=O)NC[C@H]3CCCO3)ccc21. The van der Waals surface area contributed by atoms with Crippen LogP contribution in [0.25, 0.3) is 0 Å². The van der Waals surface area contributed by atoms with E-state index in [1.165, 1.54) is 10.6 Å². The van der Waals surface area contributed by atoms with Crippen molar-refractivity contribution in [2.45, 2.75) is 31.8 Å². The minimum absolute atomic E-state index is 0.109. The highest BCUT2D eigenvalue weighted by Crippen LogP contribution is 2.29. The Labute approximate surface area is 136 Å². The summed E-state index contributed by atoms with van der Waals surface area (Å²) < 4.78 is 30.6. The minimum atomic E-state index is -3.28. The van der Waals surface area contributed by atoms with E-state index < -0.39 is 10.0 Å². The van der Waals surface area contributed by atoms with Crippen molar-refractivity contribution >= 4 is 21.6 Å². The standard InChI is InChI=1S/C16H22N2O4S/c1-23(20,21)18-8-2-4-12-10-13(6-7-15(12)18)16(19)17-11-14-5-3-9-22-14/h6-7,10,14H,2-5,8-9,11H2,1H3,(H,17,19)/t14-/m1/s1. The zero-order valence-electron chi connectivity index (χ0n) is 13.2. The number of carbonyl (C=O) groups is 1. The molecule has 2 heterocycles. The first-order valence-electron chi connectivity index (χ1n) is 7.95. The van der Waals surface area contributed by atoms with Gasteiger partial charge in [-0.2, -0.15) is 0 Å². The first-order valence-corrected chi connectivity index (χ1v) is 9.80. The lowest BCUT2D eigenvalue weighted by Gasteiger charge is -2.29. The Bertz CT molecular complexity index is 696. The molecule has 6 nitrogen and oxygen atoms in total. The molecule has 1 atom stereocenters. The Morgan fingerprint density at radius 2 is 2.22 bits per heavy atom. The average Bonchev–Trinajstić information content (AvgIpc) is 3.04. The van der Waals surface area contributed by atoms with Crippen LogP contribution in [-0.4, -0.2) is 46.4 Å². The smallest absolute Gasteiger partial charge is 0.251 e. The molecule has 1 amide bonds. The van der Waals surface area contributed by atoms with Crippen molar-refractivity contribution in [3.8, 4) is 0 Å². The van der Waals surface area contributed by atoms with Gasteiger partial charge in [-0.15, -0.1) is 0 Å². The fourth-order valence-electron chi connectivity index (χ4n) is 3.16. The summed E-state index contributed by atoms with van der Waals surface area (Å²) in [6.07, 6.45) is 4.89. The Kier molecular flexibility index (Phi) is 4.59. The van der Waals surface area contributed by atoms with Crippen LogP contribution in [0.4, 0.5) is 5.69 Å². The highest BCUT2D eigenvalue weighted by molar-refractivity contribution is 7.92. The molecule has 0 aliphatic carbocycles. The summed E-state index contributed by atoms with van der Waals surface area (Å²) >= 11 is 0. The van der Waals surface area contributed by atoms with Crippen molar-refractivity contribution in [3.63, 3.8) is 0 Å². The lowest BCUT2D eigenvalue weighted by Crippen LogP contribution is -2.35. The summed E-state index contributed by atoms with van der Waals surface area (Å²) in [6.45, 7) is 1.78. The topological polar surface area (TPSA) is 75.7 Å². The van der Waals surface area contributed by atoms with Crippen LogP contribution in [0.1, 0.15) is 35.2 Å². The highest BCUT2D eigenvalue weighted by Gasteiger charge is 2.25. The fourth-order valence-corrected chi connectivity index (χ4v) is 4.16. The maximum absolute atomic E-state index is 12.3. The van der Waals surface area contributed by atoms with Crippen LogP contribution in [-0.2, 0) is 21.2 Å². The van der Waals surface area contributed by atoms with Gasteiger partial charge in [0, 0.05) is 25.3 Å². The first kappa shape index (κ1) is 16.3. The van der Waals surface area contributed by atoms with E-state index in [0.717, 1.165) is 37.9 Å². The summed E-state index contributed by atoms with van der Waals surface area (Å²) in [6, 6.07) is 5.22. The number of rotatable bonds is 4. The van der Waals surface area contributed by atoms with Crippen LogP contribution >= 0.6 is 0 Å². The van der Waals surface area contributed by atoms with Crippen molar-refractivity contribution < 1.29 is 17.9 Å². The molecule has 2 aliphatic heterocycles. The molecule has 1 N–H and O–H groups in total. The fraction of sp³-hybridized carbons (Fsp3) is 0.562. The summed E-state index contributed by atoms with van der Waals surface area (Å²) in [5.74, 6) is -0.139. The van der Waals surface area contributed by atoms with Gasteiger partial charge in [0.25, 0.3) is 5.91 Å². The third kappa shape index (κ3) is 3.67. The molecule has 0 radical (unpaired) electrons. The number of aryl methyl sites for hydroxylation is 1. The van der Waals surface area contributed by atoms with Crippen LogP contribution in [0.2, 0.25) is 0 Å². The summed E-state index contributed by atoms with van der Waals surface area (Å²) in [4.78, 5) is 12.3. The van der Waals surface area contributed by atoms with E-state index in [2.05, 4.69) is 5.32 Å². The van der Waals surface area contributed by atoms with Crippen LogP contribution in [0.15, 0.2) is 18.2 Å². The summed E-state index contributed by atoms with van der Waals surface area (Å²) in [5.41, 5.74) is 2.16. The van der Waals surface area contributed by atoms with Gasteiger partial charge in [-0.3, -0.25) is 9.10 Å². The van der Waals surface area contributed by atoms with Crippen molar-refractivity contribution in [1.82, 2.24) is 5.32 Å². The lowest BCUT2D eigenvalue weighted by atomic mass is 10.0. The number of hydrogen-bond donors (Lipinski definition) is 1. The third-order valence-electron chi connectivity index (χ3n) is 4.33. The second-order valence-electron chi connectivity index (χ2n) is 6.13. The molecule has 1 aromatic carbocycles. The number of ether oxygens (including phenoxy) is 1. The Hall–Kier alpha value is -1.60. The van der Waals surface area contributed by atoms with Crippen LogP contribution in [0.3, 0.4) is 0 Å². The van der Waals surface area contributed by atoms with E-state index >= 15 is 0 Å². The Balaban J connectivity index is 1.73. The molecular formula is C16H22N2O4S. The maximum Gasteiger partial charge on any atom is 0.251 e. The number of benzene rings is 1. The minimum Gasteiger partial charge on any atom is -0.376 e. The molecule has 1 saturated heterocycles. The van der Waals surface area contributed by atoms with Crippen LogP contribution < -0.4 is 9.62 Å². The second kappa shape index (κ2) is 6.49. The number of fused-ring (bicyclic) bond motifs is 1. The van der Waals surface area contributed by atoms with Gasteiger partial charge >= 0.3 is 0 Å². The molecular weight excluding hydrogens is 316 g/mol. The Morgan fingerprint density at radius 1 is 1.39 bits per heavy atom. The van der Waals surface area contributed by atoms with Gasteiger partial charge in [0.05, 0.1) is 18.0 Å². The number of hydrogen-bond acceptors (Lipinski definition) is 4. The van der Waals surface area contributed by atoms with Crippen molar-refractivity contribution in [2.75, 3.05) is 30.3 Å². The van der Waals surface area contributed by atoms with Crippen LogP contribution in [0.5, 0.6) is 0 Å². The van der Waals surface area contributed by atoms with E-state index in [1.54, 1.807) is 18.2 Å². The zero-order valence-corrected chi connectivity index (χ0v) is 14.1. The largest absolute Gasteiger partial charge is 0.376 e. The number of nitrogens with one attached hydrogen (secondary N) is 1. The molecule has 7 heteroatoms. The van der Waals surface area contributed by atoms with Gasteiger partial charge in [-0.05, 0) is 49.4 Å². The molecule has 0 spiro atoms. The molecule has 0 saturated carbocycles. The molecule has 0 unspecified atom stereocenters. The molecule has 3 rings (SSSR count). The zero-order chi connectivity index (χ0) is 16.4. The number of nitrogens with zero attached hydrogens (tertiary/aromatic N) is 1. The van der Waals surface area contributed by atoms with Crippen molar-refractivity contribution in [2.24, 2.45) is 0 Å². The van der Waals surface area contributed by atoms with E-state index in [-0.39, 0.29) is 12.0 Å². The monoisotopic (exact) mass is 338 g/mol. The molecule has 1 aromatic rings. The first-order chi connectivity index (χ1) is 10.9. The molecule has 0 bridgehead atoms. The number of sulfonamides is 1. The van der Waals surface area contributed by atoms with Gasteiger partial charge in [-0.1, -0.05) is 0 Å². The predicted octanol–water partition coefficient (Wildman–Crippen LogP) is 1.31. The molecule has 23 heavy (non-hydrogen) atoms. The van der Waals surface area contributed by atoms with Crippen molar-refractivity contribution in [3.05, 3.63) is 29.3 Å². The van der Waals surface area contributed by atoms with Crippen molar-refractivity contribution in [1.29, 1.82) is 0 Å². The van der Waals surface area contributed by atoms with Gasteiger partial charge < -0.3 is 10.1 Å². The second-order valence-corrected chi connectivity index (χ2v) is 8.03.